The van der Waals surface area contributed by atoms with E-state index >= 15 is 0 Å². The van der Waals surface area contributed by atoms with Crippen LogP contribution in [0.2, 0.25) is 0 Å². The van der Waals surface area contributed by atoms with Gasteiger partial charge in [0.05, 0.1) is 6.54 Å². The van der Waals surface area contributed by atoms with Gasteiger partial charge in [0, 0.05) is 11.8 Å². The van der Waals surface area contributed by atoms with Gasteiger partial charge in [-0.1, -0.05) is 18.2 Å². The Balaban J connectivity index is 2.14. The molecule has 1 aromatic carbocycles. The SMILES string of the molecule is CC(=O)CNc1cc(Nc2ccccc2)nc(C)n1. The molecule has 0 unspecified atom stereocenters. The predicted molar refractivity (Wildman–Crippen MR) is 75.7 cm³/mol. The van der Waals surface area contributed by atoms with Gasteiger partial charge < -0.3 is 10.6 Å². The Morgan fingerprint density at radius 2 is 1.84 bits per heavy atom. The molecule has 2 N–H and O–H groups in total. The summed E-state index contributed by atoms with van der Waals surface area (Å²) in [5, 5.41) is 6.17. The molecule has 0 saturated heterocycles. The smallest absolute Gasteiger partial charge is 0.148 e. The number of rotatable bonds is 5. The Morgan fingerprint density at radius 1 is 1.16 bits per heavy atom. The van der Waals surface area contributed by atoms with Crippen molar-refractivity contribution in [2.75, 3.05) is 17.2 Å². The zero-order valence-corrected chi connectivity index (χ0v) is 11.0. The van der Waals surface area contributed by atoms with Gasteiger partial charge in [-0.3, -0.25) is 4.79 Å². The highest BCUT2D eigenvalue weighted by molar-refractivity contribution is 5.80. The number of para-hydroxylation sites is 1. The van der Waals surface area contributed by atoms with Crippen molar-refractivity contribution in [1.82, 2.24) is 9.97 Å². The van der Waals surface area contributed by atoms with E-state index in [0.717, 1.165) is 5.69 Å². The van der Waals surface area contributed by atoms with Crippen molar-refractivity contribution in [2.45, 2.75) is 13.8 Å². The number of aromatic nitrogens is 2. The number of aryl methyl sites for hydroxylation is 1. The number of carbonyl (C=O) groups is 1. The fourth-order valence-corrected chi connectivity index (χ4v) is 1.61. The summed E-state index contributed by atoms with van der Waals surface area (Å²) in [5.74, 6) is 2.05. The van der Waals surface area contributed by atoms with Gasteiger partial charge in [-0.2, -0.15) is 0 Å². The number of hydrogen-bond acceptors (Lipinski definition) is 5. The maximum absolute atomic E-state index is 11.0. The van der Waals surface area contributed by atoms with E-state index in [1.807, 2.05) is 37.3 Å². The van der Waals surface area contributed by atoms with Gasteiger partial charge in [0.1, 0.15) is 23.2 Å². The second-order valence-electron chi connectivity index (χ2n) is 4.23. The van der Waals surface area contributed by atoms with Crippen LogP contribution in [-0.4, -0.2) is 22.3 Å². The van der Waals surface area contributed by atoms with Gasteiger partial charge in [-0.15, -0.1) is 0 Å². The van der Waals surface area contributed by atoms with Crippen molar-refractivity contribution in [3.8, 4) is 0 Å². The summed E-state index contributed by atoms with van der Waals surface area (Å²) in [4.78, 5) is 19.5. The average Bonchev–Trinajstić information content (AvgIpc) is 2.37. The Hall–Kier alpha value is -2.43. The van der Waals surface area contributed by atoms with E-state index in [1.165, 1.54) is 6.92 Å². The van der Waals surface area contributed by atoms with Gasteiger partial charge in [0.2, 0.25) is 0 Å². The van der Waals surface area contributed by atoms with E-state index in [1.54, 1.807) is 6.07 Å². The molecule has 98 valence electrons. The molecular weight excluding hydrogens is 240 g/mol. The zero-order valence-electron chi connectivity index (χ0n) is 11.0. The standard InChI is InChI=1S/C14H16N4O/c1-10(19)9-15-13-8-14(17-11(2)16-13)18-12-6-4-3-5-7-12/h3-8H,9H2,1-2H3,(H2,15,16,17,18). The van der Waals surface area contributed by atoms with Crippen LogP contribution in [0, 0.1) is 6.92 Å². The molecule has 1 aromatic heterocycles. The fourth-order valence-electron chi connectivity index (χ4n) is 1.61. The largest absolute Gasteiger partial charge is 0.363 e. The summed E-state index contributed by atoms with van der Waals surface area (Å²) in [7, 11) is 0. The van der Waals surface area contributed by atoms with Gasteiger partial charge in [-0.25, -0.2) is 9.97 Å². The molecule has 0 saturated carbocycles. The first-order chi connectivity index (χ1) is 9.13. The monoisotopic (exact) mass is 256 g/mol. The molecule has 19 heavy (non-hydrogen) atoms. The van der Waals surface area contributed by atoms with Gasteiger partial charge >= 0.3 is 0 Å². The minimum Gasteiger partial charge on any atom is -0.363 e. The van der Waals surface area contributed by atoms with E-state index in [2.05, 4.69) is 20.6 Å². The Morgan fingerprint density at radius 3 is 2.53 bits per heavy atom. The number of ketones is 1. The van der Waals surface area contributed by atoms with Crippen molar-refractivity contribution in [1.29, 1.82) is 0 Å². The lowest BCUT2D eigenvalue weighted by molar-refractivity contribution is -0.115. The van der Waals surface area contributed by atoms with Crippen LogP contribution in [0.15, 0.2) is 36.4 Å². The van der Waals surface area contributed by atoms with Crippen LogP contribution >= 0.6 is 0 Å². The van der Waals surface area contributed by atoms with Gasteiger partial charge in [0.25, 0.3) is 0 Å². The summed E-state index contributed by atoms with van der Waals surface area (Å²) < 4.78 is 0. The second kappa shape index (κ2) is 5.95. The quantitative estimate of drug-likeness (QED) is 0.860. The Labute approximate surface area is 112 Å². The summed E-state index contributed by atoms with van der Waals surface area (Å²) in [6.45, 7) is 3.61. The van der Waals surface area contributed by atoms with E-state index in [4.69, 9.17) is 0 Å². The topological polar surface area (TPSA) is 66.9 Å². The Bertz CT molecular complexity index is 569. The molecule has 1 heterocycles. The molecule has 5 nitrogen and oxygen atoms in total. The number of nitrogens with one attached hydrogen (secondary N) is 2. The molecular formula is C14H16N4O. The lowest BCUT2D eigenvalue weighted by Gasteiger charge is -2.09. The Kier molecular flexibility index (Phi) is 4.07. The molecule has 0 atom stereocenters. The summed E-state index contributed by atoms with van der Waals surface area (Å²) in [5.41, 5.74) is 0.957. The highest BCUT2D eigenvalue weighted by Gasteiger charge is 2.03. The predicted octanol–water partition coefficient (Wildman–Crippen LogP) is 2.53. The highest BCUT2D eigenvalue weighted by Crippen LogP contribution is 2.16. The van der Waals surface area contributed by atoms with Crippen LogP contribution in [0.4, 0.5) is 17.3 Å². The van der Waals surface area contributed by atoms with E-state index in [0.29, 0.717) is 17.5 Å². The third kappa shape index (κ3) is 4.06. The lowest BCUT2D eigenvalue weighted by atomic mass is 10.3. The van der Waals surface area contributed by atoms with Crippen molar-refractivity contribution in [2.24, 2.45) is 0 Å². The van der Waals surface area contributed by atoms with Crippen molar-refractivity contribution < 1.29 is 4.79 Å². The minimum absolute atomic E-state index is 0.0637. The first-order valence-corrected chi connectivity index (χ1v) is 6.04. The average molecular weight is 256 g/mol. The lowest BCUT2D eigenvalue weighted by Crippen LogP contribution is -2.12. The molecule has 5 heteroatoms. The molecule has 0 aliphatic rings. The molecule has 2 aromatic rings. The molecule has 0 spiro atoms. The van der Waals surface area contributed by atoms with Crippen LogP contribution in [0.5, 0.6) is 0 Å². The third-order valence-electron chi connectivity index (χ3n) is 2.40. The molecule has 0 aliphatic heterocycles. The molecule has 0 aliphatic carbocycles. The maximum Gasteiger partial charge on any atom is 0.148 e. The van der Waals surface area contributed by atoms with Crippen LogP contribution < -0.4 is 10.6 Å². The third-order valence-corrected chi connectivity index (χ3v) is 2.40. The molecule has 0 fully saturated rings. The van der Waals surface area contributed by atoms with Crippen molar-refractivity contribution in [3.63, 3.8) is 0 Å². The normalized spacial score (nSPS) is 10.0. The zero-order chi connectivity index (χ0) is 13.7. The number of nitrogens with zero attached hydrogens (tertiary/aromatic N) is 2. The number of carbonyl (C=O) groups excluding carboxylic acids is 1. The first kappa shape index (κ1) is 13.0. The number of Topliss-reactive ketones (excluding diaryl/α,β-unsaturated/α-hetero) is 1. The van der Waals surface area contributed by atoms with Gasteiger partial charge in [-0.05, 0) is 26.0 Å². The number of benzene rings is 1. The second-order valence-corrected chi connectivity index (χ2v) is 4.23. The maximum atomic E-state index is 11.0. The highest BCUT2D eigenvalue weighted by atomic mass is 16.1. The summed E-state index contributed by atoms with van der Waals surface area (Å²) in [6, 6.07) is 11.6. The van der Waals surface area contributed by atoms with E-state index in [9.17, 15) is 4.79 Å². The minimum atomic E-state index is 0.0637. The molecule has 2 rings (SSSR count). The van der Waals surface area contributed by atoms with Crippen LogP contribution in [0.3, 0.4) is 0 Å². The molecule has 0 radical (unpaired) electrons. The first-order valence-electron chi connectivity index (χ1n) is 6.04. The van der Waals surface area contributed by atoms with Crippen molar-refractivity contribution >= 4 is 23.1 Å². The van der Waals surface area contributed by atoms with Crippen LogP contribution in [0.1, 0.15) is 12.7 Å². The van der Waals surface area contributed by atoms with Gasteiger partial charge in [0.15, 0.2) is 0 Å². The molecule has 0 bridgehead atoms. The number of anilines is 3. The van der Waals surface area contributed by atoms with Crippen molar-refractivity contribution in [3.05, 3.63) is 42.2 Å². The van der Waals surface area contributed by atoms with Crippen LogP contribution in [-0.2, 0) is 4.79 Å². The summed E-state index contributed by atoms with van der Waals surface area (Å²) in [6.07, 6.45) is 0. The summed E-state index contributed by atoms with van der Waals surface area (Å²) >= 11 is 0. The number of hydrogen-bond donors (Lipinski definition) is 2. The van der Waals surface area contributed by atoms with E-state index in [-0.39, 0.29) is 12.3 Å². The van der Waals surface area contributed by atoms with Crippen LogP contribution in [0.25, 0.3) is 0 Å². The van der Waals surface area contributed by atoms with E-state index < -0.39 is 0 Å². The fraction of sp³-hybridized carbons (Fsp3) is 0.214. The molecule has 0 amide bonds.